The second-order valence-electron chi connectivity index (χ2n) is 5.24. The van der Waals surface area contributed by atoms with Gasteiger partial charge >= 0.3 is 0 Å². The Hall–Kier alpha value is -1.40. The zero-order valence-electron chi connectivity index (χ0n) is 11.5. The van der Waals surface area contributed by atoms with Crippen LogP contribution in [0.15, 0.2) is 42.5 Å². The van der Waals surface area contributed by atoms with Crippen LogP contribution in [0.4, 0.5) is 5.69 Å². The van der Waals surface area contributed by atoms with E-state index in [0.717, 1.165) is 38.8 Å². The number of aryl methyl sites for hydroxylation is 1. The van der Waals surface area contributed by atoms with Gasteiger partial charge in [0.2, 0.25) is 5.91 Å². The van der Waals surface area contributed by atoms with Gasteiger partial charge in [0.1, 0.15) is 6.10 Å². The smallest absolute Gasteiger partial charge is 0.224 e. The first-order valence-electron chi connectivity index (χ1n) is 7.00. The number of anilines is 1. The molecule has 0 bridgehead atoms. The fourth-order valence-electron chi connectivity index (χ4n) is 2.64. The summed E-state index contributed by atoms with van der Waals surface area (Å²) in [6.45, 7) is 0. The lowest BCUT2D eigenvalue weighted by atomic mass is 9.97. The van der Waals surface area contributed by atoms with E-state index in [1.807, 2.05) is 42.5 Å². The number of amides is 1. The third kappa shape index (κ3) is 3.11. The minimum absolute atomic E-state index is 0.0691. The van der Waals surface area contributed by atoms with Crippen molar-refractivity contribution in [1.29, 1.82) is 0 Å². The largest absolute Gasteiger partial charge is 0.384 e. The maximum Gasteiger partial charge on any atom is 0.224 e. The van der Waals surface area contributed by atoms with Crippen molar-refractivity contribution in [2.24, 2.45) is 0 Å². The van der Waals surface area contributed by atoms with Crippen molar-refractivity contribution >= 4 is 34.2 Å². The molecule has 3 rings (SSSR count). The second-order valence-corrected chi connectivity index (χ2v) is 6.40. The summed E-state index contributed by atoms with van der Waals surface area (Å²) in [4.78, 5) is 11.6. The Kier molecular flexibility index (Phi) is 4.26. The molecule has 0 saturated heterocycles. The van der Waals surface area contributed by atoms with Crippen molar-refractivity contribution in [3.63, 3.8) is 0 Å². The molecule has 1 aliphatic rings. The molecule has 0 aromatic heterocycles. The predicted molar refractivity (Wildman–Crippen MR) is 91.2 cm³/mol. The van der Waals surface area contributed by atoms with E-state index < -0.39 is 6.10 Å². The highest BCUT2D eigenvalue weighted by molar-refractivity contribution is 14.1. The highest BCUT2D eigenvalue weighted by atomic mass is 127. The Morgan fingerprint density at radius 1 is 1.14 bits per heavy atom. The summed E-state index contributed by atoms with van der Waals surface area (Å²) in [7, 11) is 0. The fourth-order valence-corrected chi connectivity index (χ4v) is 3.32. The lowest BCUT2D eigenvalue weighted by Gasteiger charge is -2.16. The van der Waals surface area contributed by atoms with Crippen LogP contribution in [0.1, 0.15) is 35.6 Å². The maximum absolute atomic E-state index is 11.6. The van der Waals surface area contributed by atoms with E-state index >= 15 is 0 Å². The molecule has 1 unspecified atom stereocenters. The van der Waals surface area contributed by atoms with E-state index in [1.54, 1.807) is 0 Å². The molecule has 0 fully saturated rings. The summed E-state index contributed by atoms with van der Waals surface area (Å²) in [6.07, 6.45) is 1.63. The predicted octanol–water partition coefficient (Wildman–Crippen LogP) is 3.65. The first-order chi connectivity index (χ1) is 10.1. The summed E-state index contributed by atoms with van der Waals surface area (Å²) in [5.74, 6) is 0.0691. The number of fused-ring (bicyclic) bond motifs is 1. The van der Waals surface area contributed by atoms with E-state index in [1.165, 1.54) is 0 Å². The number of hydrogen-bond donors (Lipinski definition) is 2. The number of carbonyl (C=O) groups excluding carboxylic acids is 1. The van der Waals surface area contributed by atoms with Crippen LogP contribution in [0.25, 0.3) is 0 Å². The zero-order chi connectivity index (χ0) is 14.8. The monoisotopic (exact) mass is 393 g/mol. The van der Waals surface area contributed by atoms with Crippen molar-refractivity contribution < 1.29 is 9.90 Å². The van der Waals surface area contributed by atoms with Crippen LogP contribution in [0.5, 0.6) is 0 Å². The summed E-state index contributed by atoms with van der Waals surface area (Å²) >= 11 is 2.24. The summed E-state index contributed by atoms with van der Waals surface area (Å²) in [6, 6.07) is 13.6. The van der Waals surface area contributed by atoms with Gasteiger partial charge in [-0.15, -0.1) is 0 Å². The molecular formula is C17H16INO2. The molecule has 1 atom stereocenters. The average Bonchev–Trinajstić information content (AvgIpc) is 2.67. The number of nitrogens with one attached hydrogen (secondary N) is 1. The number of aliphatic hydroxyl groups is 1. The van der Waals surface area contributed by atoms with E-state index in [4.69, 9.17) is 0 Å². The molecule has 21 heavy (non-hydrogen) atoms. The lowest BCUT2D eigenvalue weighted by Crippen LogP contribution is -2.09. The van der Waals surface area contributed by atoms with Crippen LogP contribution in [0.3, 0.4) is 0 Å². The van der Waals surface area contributed by atoms with E-state index in [2.05, 4.69) is 27.9 Å². The molecule has 0 saturated carbocycles. The van der Waals surface area contributed by atoms with E-state index in [-0.39, 0.29) is 5.91 Å². The molecule has 0 spiro atoms. The third-order valence-corrected chi connectivity index (χ3v) is 4.75. The van der Waals surface area contributed by atoms with Crippen LogP contribution in [-0.2, 0) is 11.2 Å². The van der Waals surface area contributed by atoms with Gasteiger partial charge in [0.25, 0.3) is 0 Å². The number of benzene rings is 2. The standard InChI is InChI=1S/C17H16INO2/c18-14-6-2-1-5-13(14)17(21)12-8-9-15-11(10-12)4-3-7-16(20)19-15/h1-2,5-6,8-10,17,21H,3-4,7H2,(H,19,20). The van der Waals surface area contributed by atoms with Gasteiger partial charge in [-0.2, -0.15) is 0 Å². The zero-order valence-corrected chi connectivity index (χ0v) is 13.6. The summed E-state index contributed by atoms with van der Waals surface area (Å²) in [5, 5.41) is 13.5. The molecule has 0 radical (unpaired) electrons. The number of hydrogen-bond acceptors (Lipinski definition) is 2. The van der Waals surface area contributed by atoms with Crippen LogP contribution in [0.2, 0.25) is 0 Å². The first-order valence-corrected chi connectivity index (χ1v) is 8.08. The van der Waals surface area contributed by atoms with Gasteiger partial charge in [-0.05, 0) is 64.3 Å². The lowest BCUT2D eigenvalue weighted by molar-refractivity contribution is -0.116. The highest BCUT2D eigenvalue weighted by Gasteiger charge is 2.17. The van der Waals surface area contributed by atoms with Gasteiger partial charge in [0, 0.05) is 15.7 Å². The Morgan fingerprint density at radius 3 is 2.76 bits per heavy atom. The summed E-state index contributed by atoms with van der Waals surface area (Å²) in [5.41, 5.74) is 3.75. The number of rotatable bonds is 2. The van der Waals surface area contributed by atoms with Gasteiger partial charge in [-0.3, -0.25) is 4.79 Å². The molecule has 2 aromatic carbocycles. The fraction of sp³-hybridized carbons (Fsp3) is 0.235. The topological polar surface area (TPSA) is 49.3 Å². The van der Waals surface area contributed by atoms with Crippen molar-refractivity contribution in [1.82, 2.24) is 0 Å². The van der Waals surface area contributed by atoms with Gasteiger partial charge in [0.15, 0.2) is 0 Å². The molecule has 108 valence electrons. The van der Waals surface area contributed by atoms with Crippen LogP contribution in [-0.4, -0.2) is 11.0 Å². The van der Waals surface area contributed by atoms with Crippen molar-refractivity contribution in [2.75, 3.05) is 5.32 Å². The molecule has 3 nitrogen and oxygen atoms in total. The maximum atomic E-state index is 11.6. The van der Waals surface area contributed by atoms with Crippen LogP contribution >= 0.6 is 22.6 Å². The summed E-state index contributed by atoms with van der Waals surface area (Å²) < 4.78 is 1.05. The van der Waals surface area contributed by atoms with E-state index in [0.29, 0.717) is 6.42 Å². The Labute approximate surface area is 137 Å². The highest BCUT2D eigenvalue weighted by Crippen LogP contribution is 2.30. The van der Waals surface area contributed by atoms with Crippen molar-refractivity contribution in [3.8, 4) is 0 Å². The number of halogens is 1. The van der Waals surface area contributed by atoms with Gasteiger partial charge in [-0.1, -0.05) is 30.3 Å². The molecule has 1 amide bonds. The number of carbonyl (C=O) groups is 1. The van der Waals surface area contributed by atoms with Crippen LogP contribution in [0, 0.1) is 3.57 Å². The first kappa shape index (κ1) is 14.5. The normalized spacial score (nSPS) is 15.8. The Bertz CT molecular complexity index is 684. The van der Waals surface area contributed by atoms with Crippen LogP contribution < -0.4 is 5.32 Å². The minimum Gasteiger partial charge on any atom is -0.384 e. The molecule has 2 aromatic rings. The second kappa shape index (κ2) is 6.15. The van der Waals surface area contributed by atoms with Crippen molar-refractivity contribution in [2.45, 2.75) is 25.4 Å². The minimum atomic E-state index is -0.637. The molecule has 0 aliphatic carbocycles. The van der Waals surface area contributed by atoms with Gasteiger partial charge in [0.05, 0.1) is 0 Å². The Morgan fingerprint density at radius 2 is 1.95 bits per heavy atom. The molecule has 2 N–H and O–H groups in total. The molecule has 4 heteroatoms. The van der Waals surface area contributed by atoms with Gasteiger partial charge < -0.3 is 10.4 Å². The van der Waals surface area contributed by atoms with Gasteiger partial charge in [-0.25, -0.2) is 0 Å². The average molecular weight is 393 g/mol. The quantitative estimate of drug-likeness (QED) is 0.766. The molecule has 1 heterocycles. The van der Waals surface area contributed by atoms with Crippen molar-refractivity contribution in [3.05, 3.63) is 62.7 Å². The SMILES string of the molecule is O=C1CCCc2cc(C(O)c3ccccc3I)ccc2N1. The Balaban J connectivity index is 1.95. The molecular weight excluding hydrogens is 377 g/mol. The molecule has 1 aliphatic heterocycles. The van der Waals surface area contributed by atoms with E-state index in [9.17, 15) is 9.90 Å². The number of aliphatic hydroxyl groups excluding tert-OH is 1. The third-order valence-electron chi connectivity index (χ3n) is 3.77.